The maximum Gasteiger partial charge on any atom is 0.338 e. The molecule has 5 nitrogen and oxygen atoms in total. The van der Waals surface area contributed by atoms with Gasteiger partial charge in [-0.2, -0.15) is 0 Å². The minimum absolute atomic E-state index is 0.00770. The van der Waals surface area contributed by atoms with Crippen LogP contribution in [0.4, 0.5) is 0 Å². The average Bonchev–Trinajstić information content (AvgIpc) is 3.03. The summed E-state index contributed by atoms with van der Waals surface area (Å²) in [5.74, 6) is 0.0857. The molecule has 2 atom stereocenters. The molecule has 0 amide bonds. The highest BCUT2D eigenvalue weighted by molar-refractivity contribution is 6.24. The molecule has 1 saturated heterocycles. The molecule has 0 bridgehead atoms. The van der Waals surface area contributed by atoms with E-state index in [1.165, 1.54) is 23.1 Å². The summed E-state index contributed by atoms with van der Waals surface area (Å²) >= 11 is 0. The van der Waals surface area contributed by atoms with E-state index < -0.39 is 0 Å². The van der Waals surface area contributed by atoms with E-state index in [1.54, 1.807) is 0 Å². The molecule has 1 aromatic carbocycles. The van der Waals surface area contributed by atoms with Crippen molar-refractivity contribution in [2.45, 2.75) is 38.6 Å². The number of amidine groups is 1. The lowest BCUT2D eigenvalue weighted by Gasteiger charge is -2.53. The van der Waals surface area contributed by atoms with Crippen LogP contribution in [0.2, 0.25) is 0 Å². The Hall–Kier alpha value is -2.58. The number of para-hydroxylation sites is 1. The van der Waals surface area contributed by atoms with Crippen molar-refractivity contribution in [3.05, 3.63) is 53.0 Å². The van der Waals surface area contributed by atoms with Gasteiger partial charge in [0.25, 0.3) is 0 Å². The van der Waals surface area contributed by atoms with Gasteiger partial charge in [0.15, 0.2) is 0 Å². The van der Waals surface area contributed by atoms with Crippen LogP contribution in [0, 0.1) is 12.0 Å². The summed E-state index contributed by atoms with van der Waals surface area (Å²) in [7, 11) is 0. The Morgan fingerprint density at radius 1 is 1.38 bits per heavy atom. The summed E-state index contributed by atoms with van der Waals surface area (Å²) in [6.45, 7) is 12.0. The third-order valence-corrected chi connectivity index (χ3v) is 6.68. The number of fused-ring (bicyclic) bond motifs is 3. The SMILES string of the molecule is [C-]#[N+]/C(=N\O)C1=C[C@]2(CC)CCCN3CCc4c(n1c1ccccc41)[C@@H]32. The first-order chi connectivity index (χ1) is 12.7. The standard InChI is InChI=1S/C21H22N4O/c1-3-21-10-6-11-24-12-9-15-14-7-4-5-8-16(14)25(18(15)19(21)24)17(13-21)20(22-2)23-26/h4-5,7-8,13,19,26H,3,6,9-12H2,1H3/b23-20-/t19-,21+/m1/s1. The minimum atomic E-state index is 0.00770. The largest absolute Gasteiger partial charge is 0.356 e. The predicted octanol–water partition coefficient (Wildman–Crippen LogP) is 4.29. The number of nitrogens with zero attached hydrogens (tertiary/aromatic N) is 4. The van der Waals surface area contributed by atoms with Gasteiger partial charge in [0.2, 0.25) is 0 Å². The number of rotatable bonds is 2. The van der Waals surface area contributed by atoms with E-state index in [0.29, 0.717) is 6.04 Å². The topological polar surface area (TPSA) is 45.1 Å². The van der Waals surface area contributed by atoms with Gasteiger partial charge in [-0.1, -0.05) is 37.8 Å². The number of benzene rings is 1. The molecule has 0 unspecified atom stereocenters. The Morgan fingerprint density at radius 2 is 2.23 bits per heavy atom. The quantitative estimate of drug-likeness (QED) is 0.290. The van der Waals surface area contributed by atoms with Crippen LogP contribution in [-0.2, 0) is 6.42 Å². The van der Waals surface area contributed by atoms with Crippen molar-refractivity contribution in [3.8, 4) is 0 Å². The summed E-state index contributed by atoms with van der Waals surface area (Å²) in [5, 5.41) is 14.1. The molecule has 3 aliphatic rings. The van der Waals surface area contributed by atoms with Crippen LogP contribution in [0.1, 0.15) is 43.5 Å². The van der Waals surface area contributed by atoms with Gasteiger partial charge in [-0.15, -0.1) is 0 Å². The average molecular weight is 346 g/mol. The maximum atomic E-state index is 9.51. The van der Waals surface area contributed by atoms with Gasteiger partial charge in [0.1, 0.15) is 0 Å². The van der Waals surface area contributed by atoms with Gasteiger partial charge in [-0.05, 0) is 43.9 Å². The van der Waals surface area contributed by atoms with Crippen molar-refractivity contribution in [1.82, 2.24) is 9.47 Å². The lowest BCUT2D eigenvalue weighted by molar-refractivity contribution is 0.0273. The van der Waals surface area contributed by atoms with Crippen LogP contribution >= 0.6 is 0 Å². The summed E-state index contributed by atoms with van der Waals surface area (Å²) in [6, 6.07) is 8.79. The number of hydrogen-bond donors (Lipinski definition) is 1. The van der Waals surface area contributed by atoms with Gasteiger partial charge in [0, 0.05) is 23.0 Å². The molecule has 0 saturated carbocycles. The first-order valence-corrected chi connectivity index (χ1v) is 9.43. The molecule has 0 radical (unpaired) electrons. The van der Waals surface area contributed by atoms with Crippen molar-refractivity contribution in [2.24, 2.45) is 10.6 Å². The maximum absolute atomic E-state index is 9.51. The van der Waals surface area contributed by atoms with E-state index in [1.807, 2.05) is 6.07 Å². The van der Waals surface area contributed by atoms with Gasteiger partial charge in [0.05, 0.1) is 22.4 Å². The third-order valence-electron chi connectivity index (χ3n) is 6.68. The van der Waals surface area contributed by atoms with Gasteiger partial charge in [-0.3, -0.25) is 4.90 Å². The van der Waals surface area contributed by atoms with Crippen LogP contribution < -0.4 is 0 Å². The molecule has 132 valence electrons. The minimum Gasteiger partial charge on any atom is -0.356 e. The van der Waals surface area contributed by atoms with Crippen molar-refractivity contribution < 1.29 is 5.21 Å². The molecule has 2 aromatic rings. The lowest BCUT2D eigenvalue weighted by Crippen LogP contribution is -2.51. The fourth-order valence-electron chi connectivity index (χ4n) is 5.57. The highest BCUT2D eigenvalue weighted by atomic mass is 16.4. The molecule has 5 rings (SSSR count). The zero-order valence-electron chi connectivity index (χ0n) is 14.9. The van der Waals surface area contributed by atoms with Crippen molar-refractivity contribution in [2.75, 3.05) is 13.1 Å². The molecular weight excluding hydrogens is 324 g/mol. The van der Waals surface area contributed by atoms with Gasteiger partial charge >= 0.3 is 5.84 Å². The first-order valence-electron chi connectivity index (χ1n) is 9.43. The Morgan fingerprint density at radius 3 is 3.00 bits per heavy atom. The first kappa shape index (κ1) is 15.7. The van der Waals surface area contributed by atoms with Crippen LogP contribution in [0.3, 0.4) is 0 Å². The van der Waals surface area contributed by atoms with Crippen LogP contribution in [0.15, 0.2) is 35.5 Å². The zero-order chi connectivity index (χ0) is 17.9. The summed E-state index contributed by atoms with van der Waals surface area (Å²) in [6.07, 6.45) is 6.59. The molecule has 1 N–H and O–H groups in total. The second-order valence-electron chi connectivity index (χ2n) is 7.66. The molecule has 1 aromatic heterocycles. The number of hydrogen-bond acceptors (Lipinski definition) is 3. The normalized spacial score (nSPS) is 27.8. The summed E-state index contributed by atoms with van der Waals surface area (Å²) in [4.78, 5) is 6.16. The molecule has 5 heteroatoms. The fourth-order valence-corrected chi connectivity index (χ4v) is 5.57. The Bertz CT molecular complexity index is 1010. The van der Waals surface area contributed by atoms with E-state index in [-0.39, 0.29) is 11.3 Å². The Kier molecular flexibility index (Phi) is 3.29. The zero-order valence-corrected chi connectivity index (χ0v) is 14.9. The Labute approximate surface area is 153 Å². The molecule has 0 spiro atoms. The van der Waals surface area contributed by atoms with Gasteiger partial charge < -0.3 is 14.6 Å². The van der Waals surface area contributed by atoms with Crippen LogP contribution in [0.5, 0.6) is 0 Å². The monoisotopic (exact) mass is 346 g/mol. The Balaban J connectivity index is 1.91. The summed E-state index contributed by atoms with van der Waals surface area (Å²) < 4.78 is 2.20. The fraction of sp³-hybridized carbons (Fsp3) is 0.429. The number of aromatic nitrogens is 1. The van der Waals surface area contributed by atoms with Crippen molar-refractivity contribution >= 4 is 22.4 Å². The van der Waals surface area contributed by atoms with E-state index in [0.717, 1.165) is 43.6 Å². The smallest absolute Gasteiger partial charge is 0.338 e. The summed E-state index contributed by atoms with van der Waals surface area (Å²) in [5.41, 5.74) is 4.61. The van der Waals surface area contributed by atoms with E-state index in [4.69, 9.17) is 6.57 Å². The molecule has 1 fully saturated rings. The second kappa shape index (κ2) is 5.46. The van der Waals surface area contributed by atoms with E-state index >= 15 is 0 Å². The molecule has 26 heavy (non-hydrogen) atoms. The predicted molar refractivity (Wildman–Crippen MR) is 102 cm³/mol. The van der Waals surface area contributed by atoms with E-state index in [9.17, 15) is 5.21 Å². The van der Waals surface area contributed by atoms with Crippen molar-refractivity contribution in [3.63, 3.8) is 0 Å². The van der Waals surface area contributed by atoms with Crippen LogP contribution in [-0.4, -0.2) is 33.6 Å². The van der Waals surface area contributed by atoms with Gasteiger partial charge in [-0.25, -0.2) is 0 Å². The van der Waals surface area contributed by atoms with Crippen LogP contribution in [0.25, 0.3) is 21.4 Å². The highest BCUT2D eigenvalue weighted by Gasteiger charge is 2.50. The molecular formula is C21H22N4O. The molecule has 4 heterocycles. The molecule has 3 aliphatic heterocycles. The van der Waals surface area contributed by atoms with E-state index in [2.05, 4.69) is 50.7 Å². The lowest BCUT2D eigenvalue weighted by atomic mass is 9.66. The molecule has 0 aliphatic carbocycles. The van der Waals surface area contributed by atoms with Crippen molar-refractivity contribution in [1.29, 1.82) is 0 Å². The number of piperidine rings is 1. The third kappa shape index (κ3) is 1.80. The number of oxime groups is 1. The highest BCUT2D eigenvalue weighted by Crippen LogP contribution is 2.57. The second-order valence-corrected chi connectivity index (χ2v) is 7.66.